The van der Waals surface area contributed by atoms with Crippen LogP contribution in [0.1, 0.15) is 30.0 Å². The predicted molar refractivity (Wildman–Crippen MR) is 88.2 cm³/mol. The Morgan fingerprint density at radius 1 is 1.24 bits per heavy atom. The molecule has 0 radical (unpaired) electrons. The molecule has 130 valence electrons. The highest BCUT2D eigenvalue weighted by atomic mass is 16.5. The Hall–Kier alpha value is -3.09. The van der Waals surface area contributed by atoms with Crippen molar-refractivity contribution in [1.82, 2.24) is 10.2 Å². The van der Waals surface area contributed by atoms with Crippen molar-refractivity contribution in [3.05, 3.63) is 54.0 Å². The number of Topliss-reactive ketones (excluding diaryl/α,β-unsaturated/α-hetero) is 1. The Labute approximate surface area is 144 Å². The summed E-state index contributed by atoms with van der Waals surface area (Å²) in [5, 5.41) is 2.64. The standard InChI is InChI=1S/C18H18N2O5/c1-12(21)13-6-3-4-7-14(13)24-11-9-20-16(22)18(2,19-17(20)23)15-8-5-10-25-15/h3-8,10H,9,11H2,1-2H3,(H,19,23). The molecule has 1 N–H and O–H groups in total. The van der Waals surface area contributed by atoms with Crippen molar-refractivity contribution in [2.75, 3.05) is 13.2 Å². The van der Waals surface area contributed by atoms with Crippen LogP contribution in [-0.4, -0.2) is 35.8 Å². The van der Waals surface area contributed by atoms with Gasteiger partial charge < -0.3 is 14.5 Å². The molecule has 3 amide bonds. The van der Waals surface area contributed by atoms with Crippen LogP contribution < -0.4 is 10.1 Å². The van der Waals surface area contributed by atoms with E-state index in [1.165, 1.54) is 13.2 Å². The summed E-state index contributed by atoms with van der Waals surface area (Å²) in [5.41, 5.74) is -0.766. The molecule has 1 unspecified atom stereocenters. The lowest BCUT2D eigenvalue weighted by molar-refractivity contribution is -0.131. The summed E-state index contributed by atoms with van der Waals surface area (Å²) in [6.45, 7) is 3.19. The van der Waals surface area contributed by atoms with Crippen LogP contribution in [0.2, 0.25) is 0 Å². The van der Waals surface area contributed by atoms with Gasteiger partial charge in [0.2, 0.25) is 0 Å². The highest BCUT2D eigenvalue weighted by Gasteiger charge is 2.50. The fourth-order valence-corrected chi connectivity index (χ4v) is 2.76. The largest absolute Gasteiger partial charge is 0.491 e. The number of para-hydroxylation sites is 1. The van der Waals surface area contributed by atoms with E-state index in [0.717, 1.165) is 4.90 Å². The molecule has 1 aliphatic heterocycles. The zero-order chi connectivity index (χ0) is 18.0. The lowest BCUT2D eigenvalue weighted by Crippen LogP contribution is -2.41. The van der Waals surface area contributed by atoms with E-state index in [9.17, 15) is 14.4 Å². The van der Waals surface area contributed by atoms with Gasteiger partial charge in [0.25, 0.3) is 5.91 Å². The van der Waals surface area contributed by atoms with Gasteiger partial charge in [-0.2, -0.15) is 0 Å². The second kappa shape index (κ2) is 6.43. The number of ketones is 1. The van der Waals surface area contributed by atoms with Crippen LogP contribution in [0.25, 0.3) is 0 Å². The summed E-state index contributed by atoms with van der Waals surface area (Å²) in [7, 11) is 0. The average molecular weight is 342 g/mol. The minimum atomic E-state index is -1.22. The first kappa shape index (κ1) is 16.8. The number of imide groups is 1. The molecule has 25 heavy (non-hydrogen) atoms. The third kappa shape index (κ3) is 3.00. The van der Waals surface area contributed by atoms with Gasteiger partial charge in [-0.15, -0.1) is 0 Å². The Bertz CT molecular complexity index is 815. The highest BCUT2D eigenvalue weighted by Crippen LogP contribution is 2.29. The van der Waals surface area contributed by atoms with Crippen LogP contribution in [0.3, 0.4) is 0 Å². The van der Waals surface area contributed by atoms with E-state index >= 15 is 0 Å². The molecule has 1 saturated heterocycles. The van der Waals surface area contributed by atoms with E-state index in [1.54, 1.807) is 43.3 Å². The number of hydrogen-bond donors (Lipinski definition) is 1. The van der Waals surface area contributed by atoms with E-state index in [2.05, 4.69) is 5.32 Å². The fraction of sp³-hybridized carbons (Fsp3) is 0.278. The van der Waals surface area contributed by atoms with Crippen molar-refractivity contribution in [1.29, 1.82) is 0 Å². The van der Waals surface area contributed by atoms with Crippen molar-refractivity contribution in [2.24, 2.45) is 0 Å². The Balaban J connectivity index is 1.67. The smallest absolute Gasteiger partial charge is 0.325 e. The Kier molecular flexibility index (Phi) is 4.31. The average Bonchev–Trinajstić information content (AvgIpc) is 3.19. The summed E-state index contributed by atoms with van der Waals surface area (Å²) in [4.78, 5) is 37.5. The minimum Gasteiger partial charge on any atom is -0.491 e. The number of carbonyl (C=O) groups is 3. The number of nitrogens with zero attached hydrogens (tertiary/aromatic N) is 1. The number of urea groups is 1. The van der Waals surface area contributed by atoms with E-state index in [0.29, 0.717) is 17.1 Å². The van der Waals surface area contributed by atoms with Gasteiger partial charge in [0, 0.05) is 0 Å². The topological polar surface area (TPSA) is 88.8 Å². The van der Waals surface area contributed by atoms with Gasteiger partial charge in [0.15, 0.2) is 11.3 Å². The maximum atomic E-state index is 12.6. The summed E-state index contributed by atoms with van der Waals surface area (Å²) in [5.74, 6) is 0.277. The molecule has 1 fully saturated rings. The number of furan rings is 1. The summed E-state index contributed by atoms with van der Waals surface area (Å²) < 4.78 is 10.9. The van der Waals surface area contributed by atoms with Crippen LogP contribution in [0, 0.1) is 0 Å². The summed E-state index contributed by atoms with van der Waals surface area (Å²) >= 11 is 0. The van der Waals surface area contributed by atoms with Crippen LogP contribution in [0.5, 0.6) is 5.75 Å². The molecule has 1 aromatic carbocycles. The molecule has 0 aliphatic carbocycles. The quantitative estimate of drug-likeness (QED) is 0.643. The first-order valence-corrected chi connectivity index (χ1v) is 7.84. The fourth-order valence-electron chi connectivity index (χ4n) is 2.76. The molecular formula is C18H18N2O5. The zero-order valence-electron chi connectivity index (χ0n) is 13.9. The summed E-state index contributed by atoms with van der Waals surface area (Å²) in [6.07, 6.45) is 1.45. The highest BCUT2D eigenvalue weighted by molar-refractivity contribution is 6.06. The third-order valence-corrected chi connectivity index (χ3v) is 4.13. The van der Waals surface area contributed by atoms with Gasteiger partial charge in [-0.1, -0.05) is 12.1 Å². The molecule has 1 aromatic heterocycles. The van der Waals surface area contributed by atoms with Crippen LogP contribution in [0.15, 0.2) is 47.1 Å². The molecule has 2 aromatic rings. The van der Waals surface area contributed by atoms with Crippen LogP contribution in [0.4, 0.5) is 4.79 Å². The second-order valence-corrected chi connectivity index (χ2v) is 5.89. The molecule has 0 saturated carbocycles. The Morgan fingerprint density at radius 2 is 2.00 bits per heavy atom. The number of carbonyl (C=O) groups excluding carboxylic acids is 3. The molecule has 0 spiro atoms. The maximum Gasteiger partial charge on any atom is 0.325 e. The molecule has 2 heterocycles. The number of nitrogens with one attached hydrogen (secondary N) is 1. The molecular weight excluding hydrogens is 324 g/mol. The predicted octanol–water partition coefficient (Wildman–Crippen LogP) is 2.33. The van der Waals surface area contributed by atoms with Crippen molar-refractivity contribution >= 4 is 17.7 Å². The van der Waals surface area contributed by atoms with E-state index in [1.807, 2.05) is 0 Å². The number of ether oxygens (including phenoxy) is 1. The lowest BCUT2D eigenvalue weighted by atomic mass is 9.99. The SMILES string of the molecule is CC(=O)c1ccccc1OCCN1C(=O)NC(C)(c2ccco2)C1=O. The first-order chi connectivity index (χ1) is 11.9. The van der Waals surface area contributed by atoms with Gasteiger partial charge >= 0.3 is 6.03 Å². The normalized spacial score (nSPS) is 19.8. The van der Waals surface area contributed by atoms with Gasteiger partial charge in [0.05, 0.1) is 18.4 Å². The van der Waals surface area contributed by atoms with E-state index in [-0.39, 0.29) is 18.9 Å². The van der Waals surface area contributed by atoms with E-state index < -0.39 is 17.5 Å². The molecule has 7 nitrogen and oxygen atoms in total. The summed E-state index contributed by atoms with van der Waals surface area (Å²) in [6, 6.07) is 9.63. The second-order valence-electron chi connectivity index (χ2n) is 5.89. The van der Waals surface area contributed by atoms with Crippen LogP contribution >= 0.6 is 0 Å². The third-order valence-electron chi connectivity index (χ3n) is 4.13. The number of hydrogen-bond acceptors (Lipinski definition) is 5. The van der Waals surface area contributed by atoms with Crippen molar-refractivity contribution in [3.8, 4) is 5.75 Å². The van der Waals surface area contributed by atoms with Crippen LogP contribution in [-0.2, 0) is 10.3 Å². The van der Waals surface area contributed by atoms with E-state index in [4.69, 9.17) is 9.15 Å². The monoisotopic (exact) mass is 342 g/mol. The van der Waals surface area contributed by atoms with Gasteiger partial charge in [-0.3, -0.25) is 14.5 Å². The van der Waals surface area contributed by atoms with Gasteiger partial charge in [-0.25, -0.2) is 4.79 Å². The first-order valence-electron chi connectivity index (χ1n) is 7.84. The number of amides is 3. The molecule has 7 heteroatoms. The zero-order valence-corrected chi connectivity index (χ0v) is 13.9. The Morgan fingerprint density at radius 3 is 2.68 bits per heavy atom. The lowest BCUT2D eigenvalue weighted by Gasteiger charge is -2.19. The maximum absolute atomic E-state index is 12.6. The van der Waals surface area contributed by atoms with Crippen molar-refractivity contribution in [2.45, 2.75) is 19.4 Å². The molecule has 3 rings (SSSR count). The minimum absolute atomic E-state index is 0.0627. The van der Waals surface area contributed by atoms with Gasteiger partial charge in [0.1, 0.15) is 18.1 Å². The van der Waals surface area contributed by atoms with Gasteiger partial charge in [-0.05, 0) is 38.1 Å². The number of rotatable bonds is 6. The molecule has 1 aliphatic rings. The van der Waals surface area contributed by atoms with Crippen molar-refractivity contribution in [3.63, 3.8) is 0 Å². The molecule has 0 bridgehead atoms. The number of benzene rings is 1. The van der Waals surface area contributed by atoms with Crippen molar-refractivity contribution < 1.29 is 23.5 Å². The molecule has 1 atom stereocenters.